The van der Waals surface area contributed by atoms with Crippen LogP contribution >= 0.6 is 0 Å². The van der Waals surface area contributed by atoms with Crippen molar-refractivity contribution in [3.8, 4) is 0 Å². The van der Waals surface area contributed by atoms with Gasteiger partial charge in [-0.25, -0.2) is 0 Å². The van der Waals surface area contributed by atoms with Crippen molar-refractivity contribution in [2.24, 2.45) is 0 Å². The molecule has 1 unspecified atom stereocenters. The molecule has 1 atom stereocenters. The van der Waals surface area contributed by atoms with Crippen molar-refractivity contribution in [3.63, 3.8) is 0 Å². The number of fused-ring (bicyclic) bond motifs is 1. The maximum absolute atomic E-state index is 12.4. The zero-order chi connectivity index (χ0) is 14.4. The molecule has 0 saturated carbocycles. The number of benzene rings is 1. The van der Waals surface area contributed by atoms with Crippen molar-refractivity contribution in [1.29, 1.82) is 0 Å². The molecule has 0 bridgehead atoms. The number of rotatable bonds is 6. The summed E-state index contributed by atoms with van der Waals surface area (Å²) in [6.07, 6.45) is 4.85. The highest BCUT2D eigenvalue weighted by Crippen LogP contribution is 2.25. The topological polar surface area (TPSA) is 32.3 Å². The Morgan fingerprint density at radius 1 is 1.35 bits per heavy atom. The van der Waals surface area contributed by atoms with Crippen LogP contribution in [0.4, 0.5) is 0 Å². The molecule has 0 fully saturated rings. The molecule has 0 heterocycles. The average Bonchev–Trinajstić information content (AvgIpc) is 2.49. The molecular formula is C17H26N2O. The molecule has 110 valence electrons. The Labute approximate surface area is 122 Å². The van der Waals surface area contributed by atoms with E-state index in [1.165, 1.54) is 11.1 Å². The zero-order valence-electron chi connectivity index (χ0n) is 12.7. The molecule has 0 aliphatic heterocycles. The fourth-order valence-electron chi connectivity index (χ4n) is 3.07. The van der Waals surface area contributed by atoms with Crippen LogP contribution in [0, 0.1) is 0 Å². The van der Waals surface area contributed by atoms with E-state index in [9.17, 15) is 4.79 Å². The van der Waals surface area contributed by atoms with Crippen molar-refractivity contribution < 1.29 is 4.79 Å². The predicted molar refractivity (Wildman–Crippen MR) is 82.8 cm³/mol. The van der Waals surface area contributed by atoms with E-state index in [2.05, 4.69) is 41.4 Å². The van der Waals surface area contributed by atoms with Gasteiger partial charge in [-0.3, -0.25) is 4.79 Å². The van der Waals surface area contributed by atoms with Gasteiger partial charge in [0.15, 0.2) is 0 Å². The lowest BCUT2D eigenvalue weighted by atomic mass is 9.87. The van der Waals surface area contributed by atoms with E-state index in [0.29, 0.717) is 18.4 Å². The summed E-state index contributed by atoms with van der Waals surface area (Å²) in [5.74, 6) is 0.297. The predicted octanol–water partition coefficient (Wildman–Crippen LogP) is 2.39. The van der Waals surface area contributed by atoms with Crippen LogP contribution in [-0.2, 0) is 17.6 Å². The lowest BCUT2D eigenvalue weighted by Crippen LogP contribution is -2.44. The average molecular weight is 274 g/mol. The summed E-state index contributed by atoms with van der Waals surface area (Å²) in [7, 11) is 1.90. The van der Waals surface area contributed by atoms with Crippen molar-refractivity contribution in [3.05, 3.63) is 35.4 Å². The lowest BCUT2D eigenvalue weighted by Gasteiger charge is -2.35. The molecule has 0 aromatic heterocycles. The van der Waals surface area contributed by atoms with Crippen LogP contribution in [0.2, 0.25) is 0 Å². The van der Waals surface area contributed by atoms with Gasteiger partial charge in [0.2, 0.25) is 5.91 Å². The summed E-state index contributed by atoms with van der Waals surface area (Å²) in [6.45, 7) is 3.80. The quantitative estimate of drug-likeness (QED) is 0.864. The van der Waals surface area contributed by atoms with Crippen LogP contribution in [0.3, 0.4) is 0 Å². The van der Waals surface area contributed by atoms with Gasteiger partial charge in [-0.1, -0.05) is 31.2 Å². The van der Waals surface area contributed by atoms with Gasteiger partial charge < -0.3 is 10.2 Å². The van der Waals surface area contributed by atoms with Gasteiger partial charge in [0.25, 0.3) is 0 Å². The van der Waals surface area contributed by atoms with Crippen LogP contribution in [0.15, 0.2) is 24.3 Å². The first-order valence-corrected chi connectivity index (χ1v) is 7.77. The monoisotopic (exact) mass is 274 g/mol. The Hall–Kier alpha value is -1.35. The number of carbonyl (C=O) groups excluding carboxylic acids is 1. The zero-order valence-corrected chi connectivity index (χ0v) is 12.7. The Bertz CT molecular complexity index is 444. The summed E-state index contributed by atoms with van der Waals surface area (Å²) in [5.41, 5.74) is 2.88. The second-order valence-corrected chi connectivity index (χ2v) is 5.61. The van der Waals surface area contributed by atoms with Crippen molar-refractivity contribution >= 4 is 5.91 Å². The van der Waals surface area contributed by atoms with E-state index >= 15 is 0 Å². The van der Waals surface area contributed by atoms with Crippen LogP contribution in [-0.4, -0.2) is 37.0 Å². The van der Waals surface area contributed by atoms with Crippen LogP contribution in [0.25, 0.3) is 0 Å². The molecule has 2 rings (SSSR count). The van der Waals surface area contributed by atoms with Crippen molar-refractivity contribution in [2.75, 3.05) is 20.1 Å². The van der Waals surface area contributed by atoms with Gasteiger partial charge >= 0.3 is 0 Å². The van der Waals surface area contributed by atoms with Crippen molar-refractivity contribution in [2.45, 2.75) is 45.1 Å². The molecule has 1 aromatic carbocycles. The second kappa shape index (κ2) is 7.44. The third kappa shape index (κ3) is 3.60. The number of hydrogen-bond acceptors (Lipinski definition) is 2. The van der Waals surface area contributed by atoms with Gasteiger partial charge in [0.1, 0.15) is 0 Å². The SMILES string of the molecule is CCCN(C(=O)CCNC)C1CCc2ccccc2C1. The maximum Gasteiger partial charge on any atom is 0.224 e. The highest BCUT2D eigenvalue weighted by Gasteiger charge is 2.26. The summed E-state index contributed by atoms with van der Waals surface area (Å²) in [5, 5.41) is 3.07. The Balaban J connectivity index is 2.05. The molecule has 1 aliphatic rings. The van der Waals surface area contributed by atoms with Gasteiger partial charge in [-0.2, -0.15) is 0 Å². The van der Waals surface area contributed by atoms with E-state index in [4.69, 9.17) is 0 Å². The number of hydrogen-bond donors (Lipinski definition) is 1. The first-order valence-electron chi connectivity index (χ1n) is 7.77. The van der Waals surface area contributed by atoms with E-state index in [1.807, 2.05) is 7.05 Å². The molecule has 1 amide bonds. The largest absolute Gasteiger partial charge is 0.339 e. The standard InChI is InChI=1S/C17H26N2O/c1-3-12-19(17(20)10-11-18-2)16-9-8-14-6-4-5-7-15(14)13-16/h4-7,16,18H,3,8-13H2,1-2H3. The van der Waals surface area contributed by atoms with Crippen LogP contribution in [0.1, 0.15) is 37.3 Å². The Morgan fingerprint density at radius 2 is 2.10 bits per heavy atom. The maximum atomic E-state index is 12.4. The van der Waals surface area contributed by atoms with Crippen molar-refractivity contribution in [1.82, 2.24) is 10.2 Å². The van der Waals surface area contributed by atoms with E-state index < -0.39 is 0 Å². The number of nitrogens with zero attached hydrogens (tertiary/aromatic N) is 1. The Kier molecular flexibility index (Phi) is 5.60. The molecular weight excluding hydrogens is 248 g/mol. The molecule has 1 N–H and O–H groups in total. The lowest BCUT2D eigenvalue weighted by molar-refractivity contribution is -0.133. The minimum atomic E-state index is 0.297. The number of nitrogens with one attached hydrogen (secondary N) is 1. The van der Waals surface area contributed by atoms with E-state index in [1.54, 1.807) is 0 Å². The highest BCUT2D eigenvalue weighted by molar-refractivity contribution is 5.76. The van der Waals surface area contributed by atoms with E-state index in [-0.39, 0.29) is 0 Å². The Morgan fingerprint density at radius 3 is 2.80 bits per heavy atom. The number of amides is 1. The minimum absolute atomic E-state index is 0.297. The second-order valence-electron chi connectivity index (χ2n) is 5.61. The first-order chi connectivity index (χ1) is 9.76. The summed E-state index contributed by atoms with van der Waals surface area (Å²) in [4.78, 5) is 14.5. The summed E-state index contributed by atoms with van der Waals surface area (Å²) < 4.78 is 0. The van der Waals surface area contributed by atoms with Crippen LogP contribution < -0.4 is 5.32 Å². The highest BCUT2D eigenvalue weighted by atomic mass is 16.2. The van der Waals surface area contributed by atoms with Gasteiger partial charge in [0.05, 0.1) is 0 Å². The molecule has 0 radical (unpaired) electrons. The normalized spacial score (nSPS) is 17.6. The summed E-state index contributed by atoms with van der Waals surface area (Å²) in [6, 6.07) is 9.03. The third-order valence-electron chi connectivity index (χ3n) is 4.14. The van der Waals surface area contributed by atoms with Crippen LogP contribution in [0.5, 0.6) is 0 Å². The fraction of sp³-hybridized carbons (Fsp3) is 0.588. The molecule has 20 heavy (non-hydrogen) atoms. The molecule has 0 saturated heterocycles. The number of aryl methyl sites for hydroxylation is 1. The van der Waals surface area contributed by atoms with Gasteiger partial charge in [-0.15, -0.1) is 0 Å². The number of carbonyl (C=O) groups is 1. The van der Waals surface area contributed by atoms with E-state index in [0.717, 1.165) is 38.8 Å². The molecule has 1 aromatic rings. The molecule has 0 spiro atoms. The van der Waals surface area contributed by atoms with Gasteiger partial charge in [0, 0.05) is 25.6 Å². The van der Waals surface area contributed by atoms with Gasteiger partial charge in [-0.05, 0) is 43.9 Å². The third-order valence-corrected chi connectivity index (χ3v) is 4.14. The molecule has 3 heteroatoms. The molecule has 1 aliphatic carbocycles. The summed E-state index contributed by atoms with van der Waals surface area (Å²) >= 11 is 0. The minimum Gasteiger partial charge on any atom is -0.339 e. The smallest absolute Gasteiger partial charge is 0.224 e. The fourth-order valence-corrected chi connectivity index (χ4v) is 3.07. The first kappa shape index (κ1) is 15.0. The molecule has 3 nitrogen and oxygen atoms in total.